The Kier molecular flexibility index (Phi) is 6.96. The number of aliphatic hydroxyl groups is 2. The number of hydrogen-bond acceptors (Lipinski definition) is 4. The Bertz CT molecular complexity index is 225. The summed E-state index contributed by atoms with van der Waals surface area (Å²) in [5, 5.41) is 16.0. The molecule has 1 aromatic carbocycles. The molecule has 4 nitrogen and oxygen atoms in total. The summed E-state index contributed by atoms with van der Waals surface area (Å²) in [6, 6.07) is 9.59. The van der Waals surface area contributed by atoms with Gasteiger partial charge in [0.05, 0.1) is 18.9 Å². The first-order valence-electron chi connectivity index (χ1n) is 4.43. The molecule has 0 fully saturated rings. The van der Waals surface area contributed by atoms with Gasteiger partial charge in [0, 0.05) is 0 Å². The minimum atomic E-state index is -0.560. The number of rotatable bonds is 2. The lowest BCUT2D eigenvalue weighted by Gasteiger charge is -2.02. The molecular weight excluding hydrogens is 180 g/mol. The molecule has 80 valence electrons. The standard InChI is InChI=1S/C7H10N2.C3H8O2/c8-7(9)6-4-2-1-3-5-6;1-3(5)2-4/h1-5,7H,8-9H2;3-5H,2H2,1H3. The van der Waals surface area contributed by atoms with E-state index in [1.165, 1.54) is 6.92 Å². The topological polar surface area (TPSA) is 92.5 Å². The predicted molar refractivity (Wildman–Crippen MR) is 56.3 cm³/mol. The first-order chi connectivity index (χ1) is 6.57. The lowest BCUT2D eigenvalue weighted by molar-refractivity contribution is 0.110. The normalized spacial score (nSPS) is 11.9. The molecule has 4 heteroatoms. The fraction of sp³-hybridized carbons (Fsp3) is 0.400. The first kappa shape index (κ1) is 13.1. The summed E-state index contributed by atoms with van der Waals surface area (Å²) in [6.45, 7) is 1.39. The molecular formula is C10H18N2O2. The van der Waals surface area contributed by atoms with Gasteiger partial charge in [-0.15, -0.1) is 0 Å². The minimum Gasteiger partial charge on any atom is -0.394 e. The van der Waals surface area contributed by atoms with E-state index in [0.717, 1.165) is 5.56 Å². The summed E-state index contributed by atoms with van der Waals surface area (Å²) < 4.78 is 0. The second-order valence-electron chi connectivity index (χ2n) is 2.97. The summed E-state index contributed by atoms with van der Waals surface area (Å²) in [6.07, 6.45) is -0.902. The van der Waals surface area contributed by atoms with Gasteiger partial charge >= 0.3 is 0 Å². The molecule has 0 aromatic heterocycles. The molecule has 1 atom stereocenters. The van der Waals surface area contributed by atoms with Gasteiger partial charge in [-0.25, -0.2) is 0 Å². The summed E-state index contributed by atoms with van der Waals surface area (Å²) in [4.78, 5) is 0. The van der Waals surface area contributed by atoms with Crippen molar-refractivity contribution in [1.82, 2.24) is 0 Å². The number of benzene rings is 1. The number of nitrogens with two attached hydrogens (primary N) is 2. The van der Waals surface area contributed by atoms with Crippen molar-refractivity contribution < 1.29 is 10.2 Å². The van der Waals surface area contributed by atoms with Crippen molar-refractivity contribution in [2.45, 2.75) is 19.2 Å². The van der Waals surface area contributed by atoms with E-state index in [4.69, 9.17) is 21.7 Å². The summed E-state index contributed by atoms with van der Waals surface area (Å²) in [5.74, 6) is 0. The van der Waals surface area contributed by atoms with E-state index in [0.29, 0.717) is 0 Å². The third-order valence-corrected chi connectivity index (χ3v) is 1.45. The van der Waals surface area contributed by atoms with Crippen LogP contribution in [0.4, 0.5) is 0 Å². The van der Waals surface area contributed by atoms with E-state index in [9.17, 15) is 0 Å². The van der Waals surface area contributed by atoms with Crippen molar-refractivity contribution in [3.05, 3.63) is 35.9 Å². The van der Waals surface area contributed by atoms with Crippen molar-refractivity contribution in [3.63, 3.8) is 0 Å². The SMILES string of the molecule is CC(O)CO.NC(N)c1ccccc1. The van der Waals surface area contributed by atoms with E-state index in [2.05, 4.69) is 0 Å². The summed E-state index contributed by atoms with van der Waals surface area (Å²) >= 11 is 0. The van der Waals surface area contributed by atoms with E-state index >= 15 is 0 Å². The van der Waals surface area contributed by atoms with Crippen LogP contribution in [0.3, 0.4) is 0 Å². The molecule has 14 heavy (non-hydrogen) atoms. The predicted octanol–water partition coefficient (Wildman–Crippen LogP) is -0.0379. The largest absolute Gasteiger partial charge is 0.394 e. The van der Waals surface area contributed by atoms with Crippen LogP contribution in [0.25, 0.3) is 0 Å². The first-order valence-corrected chi connectivity index (χ1v) is 4.43. The second kappa shape index (κ2) is 7.46. The molecule has 0 bridgehead atoms. The fourth-order valence-corrected chi connectivity index (χ4v) is 0.675. The molecule has 1 aromatic rings. The van der Waals surface area contributed by atoms with Crippen LogP contribution in [0.15, 0.2) is 30.3 Å². The Morgan fingerprint density at radius 3 is 1.86 bits per heavy atom. The van der Waals surface area contributed by atoms with Crippen molar-refractivity contribution in [2.75, 3.05) is 6.61 Å². The van der Waals surface area contributed by atoms with Gasteiger partial charge in [0.25, 0.3) is 0 Å². The smallest absolute Gasteiger partial charge is 0.0784 e. The molecule has 1 unspecified atom stereocenters. The molecule has 0 aliphatic heterocycles. The number of hydrogen-bond donors (Lipinski definition) is 4. The van der Waals surface area contributed by atoms with Gasteiger partial charge in [-0.3, -0.25) is 0 Å². The van der Waals surface area contributed by atoms with Crippen molar-refractivity contribution in [2.24, 2.45) is 11.5 Å². The quantitative estimate of drug-likeness (QED) is 0.502. The Morgan fingerprint density at radius 1 is 1.21 bits per heavy atom. The van der Waals surface area contributed by atoms with E-state index < -0.39 is 6.10 Å². The van der Waals surface area contributed by atoms with Crippen LogP contribution in [-0.4, -0.2) is 22.9 Å². The Labute approximate surface area is 84.2 Å². The maximum atomic E-state index is 8.11. The maximum absolute atomic E-state index is 8.11. The zero-order chi connectivity index (χ0) is 11.0. The van der Waals surface area contributed by atoms with Crippen LogP contribution in [0.5, 0.6) is 0 Å². The molecule has 0 saturated heterocycles. The van der Waals surface area contributed by atoms with E-state index in [1.807, 2.05) is 30.3 Å². The highest BCUT2D eigenvalue weighted by atomic mass is 16.3. The highest BCUT2D eigenvalue weighted by Crippen LogP contribution is 2.01. The lowest BCUT2D eigenvalue weighted by Crippen LogP contribution is -2.19. The monoisotopic (exact) mass is 198 g/mol. The van der Waals surface area contributed by atoms with Gasteiger partial charge in [-0.05, 0) is 12.5 Å². The van der Waals surface area contributed by atoms with Crippen LogP contribution >= 0.6 is 0 Å². The van der Waals surface area contributed by atoms with Crippen LogP contribution in [0, 0.1) is 0 Å². The van der Waals surface area contributed by atoms with E-state index in [-0.39, 0.29) is 12.8 Å². The highest BCUT2D eigenvalue weighted by molar-refractivity contribution is 5.16. The van der Waals surface area contributed by atoms with E-state index in [1.54, 1.807) is 0 Å². The van der Waals surface area contributed by atoms with Gasteiger partial charge in [0.1, 0.15) is 0 Å². The molecule has 1 rings (SSSR count). The molecule has 6 N–H and O–H groups in total. The van der Waals surface area contributed by atoms with Crippen LogP contribution in [0.2, 0.25) is 0 Å². The average Bonchev–Trinajstić information content (AvgIpc) is 2.20. The number of aliphatic hydroxyl groups excluding tert-OH is 2. The molecule has 0 saturated carbocycles. The molecule has 0 aliphatic rings. The summed E-state index contributed by atoms with van der Waals surface area (Å²) in [5.41, 5.74) is 11.8. The van der Waals surface area contributed by atoms with Crippen molar-refractivity contribution in [3.8, 4) is 0 Å². The summed E-state index contributed by atoms with van der Waals surface area (Å²) in [7, 11) is 0. The van der Waals surface area contributed by atoms with Crippen molar-refractivity contribution in [1.29, 1.82) is 0 Å². The molecule has 0 radical (unpaired) electrons. The van der Waals surface area contributed by atoms with Crippen LogP contribution in [-0.2, 0) is 0 Å². The molecule has 0 amide bonds. The van der Waals surface area contributed by atoms with Gasteiger partial charge in [-0.2, -0.15) is 0 Å². The van der Waals surface area contributed by atoms with Crippen LogP contribution < -0.4 is 11.5 Å². The Balaban J connectivity index is 0.000000292. The third-order valence-electron chi connectivity index (χ3n) is 1.45. The highest BCUT2D eigenvalue weighted by Gasteiger charge is 1.93. The van der Waals surface area contributed by atoms with Crippen molar-refractivity contribution >= 4 is 0 Å². The van der Waals surface area contributed by atoms with Gasteiger partial charge < -0.3 is 21.7 Å². The minimum absolute atomic E-state index is 0.139. The fourth-order valence-electron chi connectivity index (χ4n) is 0.675. The van der Waals surface area contributed by atoms with Gasteiger partial charge in [0.15, 0.2) is 0 Å². The van der Waals surface area contributed by atoms with Gasteiger partial charge in [-0.1, -0.05) is 30.3 Å². The average molecular weight is 198 g/mol. The van der Waals surface area contributed by atoms with Gasteiger partial charge in [0.2, 0.25) is 0 Å². The Hall–Kier alpha value is -0.940. The second-order valence-corrected chi connectivity index (χ2v) is 2.97. The Morgan fingerprint density at radius 2 is 1.64 bits per heavy atom. The molecule has 0 aliphatic carbocycles. The zero-order valence-electron chi connectivity index (χ0n) is 8.30. The lowest BCUT2D eigenvalue weighted by atomic mass is 10.2. The zero-order valence-corrected chi connectivity index (χ0v) is 8.30. The maximum Gasteiger partial charge on any atom is 0.0784 e. The molecule has 0 spiro atoms. The van der Waals surface area contributed by atoms with Crippen LogP contribution in [0.1, 0.15) is 18.7 Å². The third kappa shape index (κ3) is 6.56. The molecule has 0 heterocycles.